The van der Waals surface area contributed by atoms with E-state index in [1.807, 2.05) is 0 Å². The highest BCUT2D eigenvalue weighted by molar-refractivity contribution is 7.92. The molecule has 0 atom stereocenters. The second-order valence-corrected chi connectivity index (χ2v) is 9.16. The lowest BCUT2D eigenvalue weighted by atomic mass is 10.2. The van der Waals surface area contributed by atoms with Crippen LogP contribution >= 0.6 is 0 Å². The number of nitrogens with zero attached hydrogens (tertiary/aromatic N) is 2. The Labute approximate surface area is 185 Å². The van der Waals surface area contributed by atoms with Crippen LogP contribution < -0.4 is 10.0 Å². The van der Waals surface area contributed by atoms with Crippen molar-refractivity contribution in [1.82, 2.24) is 10.2 Å². The van der Waals surface area contributed by atoms with Crippen LogP contribution in [0.1, 0.15) is 35.2 Å². The number of anilines is 1. The first kappa shape index (κ1) is 23.2. The first-order chi connectivity index (χ1) is 15.2. The normalized spacial score (nSPS) is 13.8. The van der Waals surface area contributed by atoms with E-state index in [0.29, 0.717) is 37.1 Å². The Hall–Kier alpha value is -3.47. The molecule has 0 unspecified atom stereocenters. The van der Waals surface area contributed by atoms with E-state index in [-0.39, 0.29) is 28.1 Å². The van der Waals surface area contributed by atoms with Gasteiger partial charge in [0.1, 0.15) is 0 Å². The largest absolute Gasteiger partial charge is 0.352 e. The van der Waals surface area contributed by atoms with Crippen molar-refractivity contribution in [2.24, 2.45) is 0 Å². The number of hydrogen-bond donors (Lipinski definition) is 2. The molecule has 0 aliphatic carbocycles. The number of nitrogens with one attached hydrogen (secondary N) is 2. The summed E-state index contributed by atoms with van der Waals surface area (Å²) in [6.45, 7) is 3.32. The smallest absolute Gasteiger partial charge is 0.273 e. The maximum Gasteiger partial charge on any atom is 0.273 e. The fourth-order valence-corrected chi connectivity index (χ4v) is 4.45. The second kappa shape index (κ2) is 9.77. The van der Waals surface area contributed by atoms with Gasteiger partial charge < -0.3 is 10.2 Å². The summed E-state index contributed by atoms with van der Waals surface area (Å²) in [5.41, 5.74) is 0.652. The molecule has 2 aromatic carbocycles. The van der Waals surface area contributed by atoms with Gasteiger partial charge in [-0.2, -0.15) is 0 Å². The van der Waals surface area contributed by atoms with Gasteiger partial charge in [-0.3, -0.25) is 24.4 Å². The molecule has 0 saturated carbocycles. The van der Waals surface area contributed by atoms with Gasteiger partial charge >= 0.3 is 0 Å². The van der Waals surface area contributed by atoms with Crippen LogP contribution in [0.2, 0.25) is 0 Å². The molecule has 0 spiro atoms. The molecule has 1 aliphatic rings. The molecule has 0 bridgehead atoms. The Morgan fingerprint density at radius 3 is 2.53 bits per heavy atom. The molecule has 10 nitrogen and oxygen atoms in total. The summed E-state index contributed by atoms with van der Waals surface area (Å²) in [4.78, 5) is 35.8. The molecule has 2 amide bonds. The lowest BCUT2D eigenvalue weighted by molar-refractivity contribution is -0.385. The minimum Gasteiger partial charge on any atom is -0.352 e. The highest BCUT2D eigenvalue weighted by Crippen LogP contribution is 2.24. The Balaban J connectivity index is 1.56. The maximum atomic E-state index is 12.6. The van der Waals surface area contributed by atoms with Crippen molar-refractivity contribution < 1.29 is 22.9 Å². The topological polar surface area (TPSA) is 139 Å². The highest BCUT2D eigenvalue weighted by Gasteiger charge is 2.21. The van der Waals surface area contributed by atoms with E-state index in [4.69, 9.17) is 0 Å². The van der Waals surface area contributed by atoms with E-state index in [1.165, 1.54) is 43.3 Å². The second-order valence-electron chi connectivity index (χ2n) is 7.48. The number of amides is 2. The van der Waals surface area contributed by atoms with E-state index in [9.17, 15) is 28.1 Å². The van der Waals surface area contributed by atoms with E-state index >= 15 is 0 Å². The Morgan fingerprint density at radius 2 is 1.91 bits per heavy atom. The molecule has 1 aliphatic heterocycles. The number of likely N-dealkylation sites (tertiary alicyclic amines) is 1. The molecule has 2 aromatic rings. The van der Waals surface area contributed by atoms with Gasteiger partial charge in [0.15, 0.2) is 0 Å². The molecule has 1 heterocycles. The van der Waals surface area contributed by atoms with E-state index in [2.05, 4.69) is 10.0 Å². The van der Waals surface area contributed by atoms with Crippen LogP contribution in [-0.4, -0.2) is 49.7 Å². The summed E-state index contributed by atoms with van der Waals surface area (Å²) >= 11 is 0. The molecule has 1 fully saturated rings. The van der Waals surface area contributed by atoms with E-state index in [1.54, 1.807) is 4.90 Å². The summed E-state index contributed by atoms with van der Waals surface area (Å²) in [7, 11) is -4.04. The van der Waals surface area contributed by atoms with Gasteiger partial charge in [0, 0.05) is 48.9 Å². The highest BCUT2D eigenvalue weighted by atomic mass is 32.2. The minimum absolute atomic E-state index is 0.148. The number of aryl methyl sites for hydroxylation is 1. The number of rotatable bonds is 9. The third-order valence-electron chi connectivity index (χ3n) is 5.15. The number of carbonyl (C=O) groups is 2. The quantitative estimate of drug-likeness (QED) is 0.335. The van der Waals surface area contributed by atoms with Crippen molar-refractivity contribution >= 4 is 33.2 Å². The molecule has 170 valence electrons. The molecule has 0 radical (unpaired) electrons. The third kappa shape index (κ3) is 5.61. The number of hydrogen-bond acceptors (Lipinski definition) is 6. The number of carbonyl (C=O) groups excluding carboxylic acids is 2. The van der Waals surface area contributed by atoms with Gasteiger partial charge in [0.2, 0.25) is 5.91 Å². The zero-order valence-corrected chi connectivity index (χ0v) is 18.4. The molecule has 1 saturated heterocycles. The van der Waals surface area contributed by atoms with Crippen molar-refractivity contribution in [2.75, 3.05) is 24.4 Å². The summed E-state index contributed by atoms with van der Waals surface area (Å²) in [6.07, 6.45) is 2.11. The van der Waals surface area contributed by atoms with Crippen LogP contribution in [-0.2, 0) is 14.8 Å². The van der Waals surface area contributed by atoms with Crippen LogP contribution in [0, 0.1) is 17.0 Å². The van der Waals surface area contributed by atoms with Crippen molar-refractivity contribution in [3.63, 3.8) is 0 Å². The molecule has 2 N–H and O–H groups in total. The van der Waals surface area contributed by atoms with Gasteiger partial charge in [-0.15, -0.1) is 0 Å². The molecular formula is C21H24N4O6S. The van der Waals surface area contributed by atoms with Crippen molar-refractivity contribution in [2.45, 2.75) is 31.1 Å². The summed E-state index contributed by atoms with van der Waals surface area (Å²) in [5, 5.41) is 13.8. The maximum absolute atomic E-state index is 12.6. The first-order valence-corrected chi connectivity index (χ1v) is 11.6. The molecule has 3 rings (SSSR count). The fraction of sp³-hybridized carbons (Fsp3) is 0.333. The predicted molar refractivity (Wildman–Crippen MR) is 118 cm³/mol. The standard InChI is InChI=1S/C21H24N4O6S/c1-15-5-10-18(14-19(15)25(28)29)32(30,31)23-17-8-6-16(7-9-17)21(27)22-11-3-13-24-12-2-4-20(24)26/h5-10,14,23H,2-4,11-13H2,1H3,(H,22,27). The van der Waals surface area contributed by atoms with Crippen LogP contribution in [0.5, 0.6) is 0 Å². The van der Waals surface area contributed by atoms with Gasteiger partial charge in [-0.1, -0.05) is 6.07 Å². The van der Waals surface area contributed by atoms with Crippen LogP contribution in [0.15, 0.2) is 47.4 Å². The predicted octanol–water partition coefficient (Wildman–Crippen LogP) is 2.45. The summed E-state index contributed by atoms with van der Waals surface area (Å²) < 4.78 is 27.5. The lowest BCUT2D eigenvalue weighted by Gasteiger charge is -2.15. The van der Waals surface area contributed by atoms with Crippen LogP contribution in [0.25, 0.3) is 0 Å². The van der Waals surface area contributed by atoms with Crippen molar-refractivity contribution in [3.8, 4) is 0 Å². The van der Waals surface area contributed by atoms with Crippen LogP contribution in [0.3, 0.4) is 0 Å². The molecule has 32 heavy (non-hydrogen) atoms. The Bertz CT molecular complexity index is 1130. The average Bonchev–Trinajstić information content (AvgIpc) is 3.16. The number of nitro benzene ring substituents is 1. The first-order valence-electron chi connectivity index (χ1n) is 10.1. The number of benzene rings is 2. The van der Waals surface area contributed by atoms with Gasteiger partial charge in [0.05, 0.1) is 9.82 Å². The van der Waals surface area contributed by atoms with Gasteiger partial charge in [-0.05, 0) is 50.1 Å². The third-order valence-corrected chi connectivity index (χ3v) is 6.53. The Morgan fingerprint density at radius 1 is 1.19 bits per heavy atom. The molecule has 0 aromatic heterocycles. The molecule has 11 heteroatoms. The average molecular weight is 461 g/mol. The minimum atomic E-state index is -4.04. The van der Waals surface area contributed by atoms with Gasteiger partial charge in [-0.25, -0.2) is 8.42 Å². The van der Waals surface area contributed by atoms with E-state index < -0.39 is 14.9 Å². The summed E-state index contributed by atoms with van der Waals surface area (Å²) in [6, 6.07) is 9.52. The van der Waals surface area contributed by atoms with Crippen LogP contribution in [0.4, 0.5) is 11.4 Å². The molecular weight excluding hydrogens is 436 g/mol. The fourth-order valence-electron chi connectivity index (χ4n) is 3.37. The number of nitro groups is 1. The summed E-state index contributed by atoms with van der Waals surface area (Å²) in [5.74, 6) is -0.157. The zero-order chi connectivity index (χ0) is 23.3. The SMILES string of the molecule is Cc1ccc(S(=O)(=O)Nc2ccc(C(=O)NCCCN3CCCC3=O)cc2)cc1[N+](=O)[O-]. The van der Waals surface area contributed by atoms with Crippen molar-refractivity contribution in [3.05, 3.63) is 63.7 Å². The lowest BCUT2D eigenvalue weighted by Crippen LogP contribution is -2.30. The van der Waals surface area contributed by atoms with E-state index in [0.717, 1.165) is 19.0 Å². The zero-order valence-electron chi connectivity index (χ0n) is 17.5. The van der Waals surface area contributed by atoms with Crippen molar-refractivity contribution in [1.29, 1.82) is 0 Å². The monoisotopic (exact) mass is 460 g/mol. The Kier molecular flexibility index (Phi) is 7.08. The number of sulfonamides is 1. The van der Waals surface area contributed by atoms with Gasteiger partial charge in [0.25, 0.3) is 21.6 Å².